The van der Waals surface area contributed by atoms with Gasteiger partial charge in [-0.2, -0.15) is 0 Å². The van der Waals surface area contributed by atoms with Crippen molar-refractivity contribution in [3.63, 3.8) is 0 Å². The summed E-state index contributed by atoms with van der Waals surface area (Å²) >= 11 is 0. The van der Waals surface area contributed by atoms with Gasteiger partial charge in [0.05, 0.1) is 11.5 Å². The molecule has 0 spiro atoms. The predicted molar refractivity (Wildman–Crippen MR) is 115 cm³/mol. The lowest BCUT2D eigenvalue weighted by Crippen LogP contribution is -2.41. The molecule has 3 aliphatic carbocycles. The van der Waals surface area contributed by atoms with Gasteiger partial charge in [0.1, 0.15) is 0 Å². The standard InChI is InChI=1S/C23H40NO2P/c1-16-8-7-12-22(4)17(16)9-10-18(22)21(2,3)13-11-19(26-27)23(14-15-23)20(25)24(5)6/h11,13,16-19H,7-10,12,14-15,27H2,1-6H3/b13-11+. The van der Waals surface area contributed by atoms with Crippen molar-refractivity contribution in [1.82, 2.24) is 4.90 Å². The van der Waals surface area contributed by atoms with Gasteiger partial charge in [-0.15, -0.1) is 0 Å². The smallest absolute Gasteiger partial charge is 0.231 e. The molecule has 0 aromatic rings. The van der Waals surface area contributed by atoms with E-state index in [9.17, 15) is 4.79 Å². The molecule has 3 rings (SSSR count). The zero-order chi connectivity index (χ0) is 20.0. The molecule has 3 saturated carbocycles. The second kappa shape index (κ2) is 7.45. The van der Waals surface area contributed by atoms with Crippen LogP contribution in [0.25, 0.3) is 0 Å². The number of allylic oxidation sites excluding steroid dienone is 1. The van der Waals surface area contributed by atoms with Crippen LogP contribution < -0.4 is 0 Å². The van der Waals surface area contributed by atoms with E-state index in [1.165, 1.54) is 32.1 Å². The highest BCUT2D eigenvalue weighted by molar-refractivity contribution is 7.09. The van der Waals surface area contributed by atoms with Crippen molar-refractivity contribution in [2.45, 2.75) is 78.7 Å². The molecule has 6 unspecified atom stereocenters. The fourth-order valence-electron chi connectivity index (χ4n) is 6.80. The number of rotatable bonds is 6. The van der Waals surface area contributed by atoms with Crippen LogP contribution in [0.2, 0.25) is 0 Å². The summed E-state index contributed by atoms with van der Waals surface area (Å²) in [5.74, 6) is 2.65. The summed E-state index contributed by atoms with van der Waals surface area (Å²) in [6, 6.07) is 0. The maximum atomic E-state index is 12.7. The number of nitrogens with zero attached hydrogens (tertiary/aromatic N) is 1. The molecule has 3 aliphatic rings. The number of amides is 1. The SMILES string of the molecule is CC1CCCC2(C)C1CCC2C(C)(C)/C=C/C(OP)C1(C(=O)N(C)C)CC1. The van der Waals surface area contributed by atoms with Crippen LogP contribution in [0.1, 0.15) is 72.6 Å². The zero-order valence-electron chi connectivity index (χ0n) is 18.3. The normalized spacial score (nSPS) is 36.5. The number of carbonyl (C=O) groups excluding carboxylic acids is 1. The fraction of sp³-hybridized carbons (Fsp3) is 0.870. The Bertz CT molecular complexity index is 595. The van der Waals surface area contributed by atoms with Gasteiger partial charge in [-0.1, -0.05) is 52.7 Å². The van der Waals surface area contributed by atoms with E-state index in [-0.39, 0.29) is 22.8 Å². The van der Waals surface area contributed by atoms with E-state index >= 15 is 0 Å². The Balaban J connectivity index is 1.78. The number of hydrogen-bond acceptors (Lipinski definition) is 2. The van der Waals surface area contributed by atoms with Gasteiger partial charge in [0.25, 0.3) is 0 Å². The monoisotopic (exact) mass is 393 g/mol. The van der Waals surface area contributed by atoms with E-state index in [0.29, 0.717) is 11.3 Å². The molecule has 1 amide bonds. The maximum absolute atomic E-state index is 12.7. The van der Waals surface area contributed by atoms with E-state index in [2.05, 4.69) is 49.3 Å². The van der Waals surface area contributed by atoms with Crippen LogP contribution >= 0.6 is 9.47 Å². The first-order chi connectivity index (χ1) is 12.6. The molecule has 6 atom stereocenters. The van der Waals surface area contributed by atoms with Crippen LogP contribution in [0.4, 0.5) is 0 Å². The second-order valence-electron chi connectivity index (χ2n) is 10.7. The number of hydrogen-bond donors (Lipinski definition) is 0. The Kier molecular flexibility index (Phi) is 5.88. The Morgan fingerprint density at radius 3 is 2.44 bits per heavy atom. The minimum atomic E-state index is -0.348. The van der Waals surface area contributed by atoms with E-state index < -0.39 is 0 Å². The highest BCUT2D eigenvalue weighted by atomic mass is 31.0. The molecule has 3 nitrogen and oxygen atoms in total. The second-order valence-corrected chi connectivity index (χ2v) is 11.0. The van der Waals surface area contributed by atoms with Crippen LogP contribution in [0.3, 0.4) is 0 Å². The lowest BCUT2D eigenvalue weighted by atomic mass is 9.56. The molecule has 0 aliphatic heterocycles. The number of carbonyl (C=O) groups is 1. The Morgan fingerprint density at radius 1 is 1.22 bits per heavy atom. The van der Waals surface area contributed by atoms with Gasteiger partial charge in [-0.05, 0) is 60.7 Å². The molecule has 4 heteroatoms. The average molecular weight is 394 g/mol. The lowest BCUT2D eigenvalue weighted by Gasteiger charge is -2.48. The largest absolute Gasteiger partial charge is 0.357 e. The molecule has 0 N–H and O–H groups in total. The molecular weight excluding hydrogens is 353 g/mol. The first kappa shape index (κ1) is 21.3. The molecule has 154 valence electrons. The molecule has 0 saturated heterocycles. The summed E-state index contributed by atoms with van der Waals surface area (Å²) < 4.78 is 5.74. The van der Waals surface area contributed by atoms with Crippen LogP contribution in [-0.2, 0) is 9.32 Å². The van der Waals surface area contributed by atoms with E-state index in [0.717, 1.165) is 24.7 Å². The third-order valence-electron chi connectivity index (χ3n) is 8.38. The van der Waals surface area contributed by atoms with Crippen molar-refractivity contribution in [2.24, 2.45) is 34.0 Å². The molecule has 3 fully saturated rings. The third kappa shape index (κ3) is 3.64. The van der Waals surface area contributed by atoms with Crippen LogP contribution in [0.5, 0.6) is 0 Å². The zero-order valence-corrected chi connectivity index (χ0v) is 19.4. The maximum Gasteiger partial charge on any atom is 0.231 e. The van der Waals surface area contributed by atoms with Crippen LogP contribution in [0, 0.1) is 34.0 Å². The highest BCUT2D eigenvalue weighted by Crippen LogP contribution is 2.62. The minimum Gasteiger partial charge on any atom is -0.357 e. The lowest BCUT2D eigenvalue weighted by molar-refractivity contribution is -0.136. The summed E-state index contributed by atoms with van der Waals surface area (Å²) in [6.45, 7) is 9.82. The van der Waals surface area contributed by atoms with Gasteiger partial charge >= 0.3 is 0 Å². The first-order valence-electron chi connectivity index (χ1n) is 10.8. The van der Waals surface area contributed by atoms with Gasteiger partial charge in [0.15, 0.2) is 0 Å². The highest BCUT2D eigenvalue weighted by Gasteiger charge is 2.57. The molecule has 0 aromatic carbocycles. The summed E-state index contributed by atoms with van der Waals surface area (Å²) in [6.07, 6.45) is 13.1. The topological polar surface area (TPSA) is 29.5 Å². The Hall–Kier alpha value is -0.400. The van der Waals surface area contributed by atoms with Crippen molar-refractivity contribution in [1.29, 1.82) is 0 Å². The predicted octanol–water partition coefficient (Wildman–Crippen LogP) is 5.47. The van der Waals surface area contributed by atoms with Gasteiger partial charge in [-0.3, -0.25) is 4.79 Å². The quantitative estimate of drug-likeness (QED) is 0.443. The van der Waals surface area contributed by atoms with E-state index in [1.54, 1.807) is 4.90 Å². The molecule has 0 radical (unpaired) electrons. The first-order valence-corrected chi connectivity index (χ1v) is 11.3. The van der Waals surface area contributed by atoms with E-state index in [1.807, 2.05) is 14.1 Å². The summed E-state index contributed by atoms with van der Waals surface area (Å²) in [5, 5.41) is 0. The molecule has 27 heavy (non-hydrogen) atoms. The van der Waals surface area contributed by atoms with Gasteiger partial charge in [0, 0.05) is 23.6 Å². The number of fused-ring (bicyclic) bond motifs is 1. The molecule has 0 aromatic heterocycles. The summed E-state index contributed by atoms with van der Waals surface area (Å²) in [7, 11) is 6.09. The fourth-order valence-corrected chi connectivity index (χ4v) is 7.15. The van der Waals surface area contributed by atoms with Gasteiger partial charge < -0.3 is 9.42 Å². The third-order valence-corrected chi connectivity index (χ3v) is 8.68. The van der Waals surface area contributed by atoms with Crippen molar-refractivity contribution in [2.75, 3.05) is 14.1 Å². The van der Waals surface area contributed by atoms with Crippen molar-refractivity contribution in [3.8, 4) is 0 Å². The summed E-state index contributed by atoms with van der Waals surface area (Å²) in [5.41, 5.74) is 0.234. The van der Waals surface area contributed by atoms with Gasteiger partial charge in [-0.25, -0.2) is 0 Å². The Morgan fingerprint density at radius 2 is 1.89 bits per heavy atom. The summed E-state index contributed by atoms with van der Waals surface area (Å²) in [4.78, 5) is 14.4. The van der Waals surface area contributed by atoms with Crippen molar-refractivity contribution < 1.29 is 9.32 Å². The van der Waals surface area contributed by atoms with Crippen molar-refractivity contribution in [3.05, 3.63) is 12.2 Å². The molecule has 0 bridgehead atoms. The average Bonchev–Trinajstić information content (AvgIpc) is 3.30. The van der Waals surface area contributed by atoms with Gasteiger partial charge in [0.2, 0.25) is 5.91 Å². The van der Waals surface area contributed by atoms with Crippen LogP contribution in [0.15, 0.2) is 12.2 Å². The van der Waals surface area contributed by atoms with E-state index in [4.69, 9.17) is 4.52 Å². The minimum absolute atomic E-state index is 0.124. The van der Waals surface area contributed by atoms with Crippen LogP contribution in [-0.4, -0.2) is 31.0 Å². The Labute approximate surface area is 169 Å². The molecular formula is C23H40NO2P. The molecule has 0 heterocycles. The van der Waals surface area contributed by atoms with Crippen molar-refractivity contribution >= 4 is 15.4 Å².